The van der Waals surface area contributed by atoms with Gasteiger partial charge in [-0.05, 0) is 25.1 Å². The molecule has 1 N–H and O–H groups in total. The third-order valence-electron chi connectivity index (χ3n) is 2.15. The van der Waals surface area contributed by atoms with Crippen molar-refractivity contribution in [1.82, 2.24) is 4.98 Å². The third kappa shape index (κ3) is 2.44. The van der Waals surface area contributed by atoms with Gasteiger partial charge in [0.05, 0.1) is 5.56 Å². The lowest BCUT2D eigenvalue weighted by atomic mass is 10.2. The van der Waals surface area contributed by atoms with E-state index in [2.05, 4.69) is 4.98 Å². The first kappa shape index (κ1) is 11.2. The summed E-state index contributed by atoms with van der Waals surface area (Å²) in [5.41, 5.74) is 1.14. The van der Waals surface area contributed by atoms with Gasteiger partial charge in [-0.25, -0.2) is 4.79 Å². The van der Waals surface area contributed by atoms with Gasteiger partial charge < -0.3 is 14.3 Å². The van der Waals surface area contributed by atoms with Crippen molar-refractivity contribution < 1.29 is 19.1 Å². The molecule has 0 fully saturated rings. The van der Waals surface area contributed by atoms with E-state index < -0.39 is 5.97 Å². The number of allylic oxidation sites excluding steroid dienone is 1. The van der Waals surface area contributed by atoms with Crippen molar-refractivity contribution in [3.8, 4) is 6.08 Å². The standard InChI is InChI=1S/C12H11NO4/c1-2-3-6-16-12-13-9-5-4-8(11(14)15)7-10(9)17-12/h2-5,7H,6H2,1H3,(H,14,15)/b3-2+. The molecular weight excluding hydrogens is 222 g/mol. The first-order chi connectivity index (χ1) is 8.20. The molecule has 88 valence electrons. The molecule has 0 spiro atoms. The monoisotopic (exact) mass is 233 g/mol. The number of carboxylic acids is 1. The van der Waals surface area contributed by atoms with Gasteiger partial charge in [0, 0.05) is 0 Å². The molecule has 1 aromatic heterocycles. The third-order valence-corrected chi connectivity index (χ3v) is 2.15. The van der Waals surface area contributed by atoms with Crippen LogP contribution < -0.4 is 4.74 Å². The highest BCUT2D eigenvalue weighted by molar-refractivity contribution is 5.91. The number of hydrogen-bond donors (Lipinski definition) is 1. The fourth-order valence-corrected chi connectivity index (χ4v) is 1.31. The Bertz CT molecular complexity index is 571. The average molecular weight is 233 g/mol. The predicted octanol–water partition coefficient (Wildman–Crippen LogP) is 2.48. The van der Waals surface area contributed by atoms with Crippen LogP contribution in [0, 0.1) is 0 Å². The molecule has 0 aliphatic heterocycles. The van der Waals surface area contributed by atoms with E-state index in [1.165, 1.54) is 12.1 Å². The van der Waals surface area contributed by atoms with Gasteiger partial charge in [0.15, 0.2) is 5.58 Å². The molecule has 5 nitrogen and oxygen atoms in total. The highest BCUT2D eigenvalue weighted by atomic mass is 16.6. The van der Waals surface area contributed by atoms with Gasteiger partial charge in [0.25, 0.3) is 0 Å². The first-order valence-electron chi connectivity index (χ1n) is 5.08. The number of carbonyl (C=O) groups is 1. The number of oxazole rings is 1. The summed E-state index contributed by atoms with van der Waals surface area (Å²) in [7, 11) is 0. The maximum absolute atomic E-state index is 10.8. The van der Waals surface area contributed by atoms with Crippen molar-refractivity contribution in [2.75, 3.05) is 6.61 Å². The molecule has 1 heterocycles. The zero-order chi connectivity index (χ0) is 12.3. The molecule has 0 saturated heterocycles. The Labute approximate surface area is 97.3 Å². The maximum atomic E-state index is 10.8. The SMILES string of the molecule is C/C=C/COc1nc2ccc(C(=O)O)cc2o1. The molecule has 0 atom stereocenters. The van der Waals surface area contributed by atoms with Crippen molar-refractivity contribution in [3.63, 3.8) is 0 Å². The summed E-state index contributed by atoms with van der Waals surface area (Å²) < 4.78 is 10.5. The molecule has 0 amide bonds. The lowest BCUT2D eigenvalue weighted by molar-refractivity contribution is 0.0697. The molecule has 0 unspecified atom stereocenters. The fourth-order valence-electron chi connectivity index (χ4n) is 1.31. The molecule has 17 heavy (non-hydrogen) atoms. The predicted molar refractivity (Wildman–Crippen MR) is 61.3 cm³/mol. The van der Waals surface area contributed by atoms with Gasteiger partial charge in [-0.3, -0.25) is 0 Å². The van der Waals surface area contributed by atoms with Crippen LogP contribution in [0.5, 0.6) is 6.08 Å². The molecule has 2 rings (SSSR count). The number of benzene rings is 1. The second-order valence-corrected chi connectivity index (χ2v) is 3.35. The summed E-state index contributed by atoms with van der Waals surface area (Å²) in [6.45, 7) is 2.25. The number of hydrogen-bond acceptors (Lipinski definition) is 4. The number of carboxylic acid groups (broad SMARTS) is 1. The Hall–Kier alpha value is -2.30. The Morgan fingerprint density at radius 3 is 3.12 bits per heavy atom. The van der Waals surface area contributed by atoms with Crippen molar-refractivity contribution in [2.24, 2.45) is 0 Å². The van der Waals surface area contributed by atoms with E-state index in [-0.39, 0.29) is 11.6 Å². The van der Waals surface area contributed by atoms with Crippen molar-refractivity contribution in [2.45, 2.75) is 6.92 Å². The molecule has 1 aromatic carbocycles. The van der Waals surface area contributed by atoms with E-state index in [1.54, 1.807) is 6.07 Å². The molecule has 0 aliphatic carbocycles. The van der Waals surface area contributed by atoms with E-state index in [0.29, 0.717) is 17.7 Å². The van der Waals surface area contributed by atoms with Gasteiger partial charge in [-0.2, -0.15) is 4.98 Å². The van der Waals surface area contributed by atoms with Crippen molar-refractivity contribution in [3.05, 3.63) is 35.9 Å². The van der Waals surface area contributed by atoms with E-state index in [1.807, 2.05) is 19.1 Å². The Kier molecular flexibility index (Phi) is 3.09. The summed E-state index contributed by atoms with van der Waals surface area (Å²) in [6.07, 6.45) is 3.81. The van der Waals surface area contributed by atoms with E-state index in [0.717, 1.165) is 0 Å². The Balaban J connectivity index is 2.27. The van der Waals surface area contributed by atoms with Gasteiger partial charge in [-0.1, -0.05) is 12.2 Å². The lowest BCUT2D eigenvalue weighted by Gasteiger charge is -1.93. The smallest absolute Gasteiger partial charge is 0.394 e. The minimum Gasteiger partial charge on any atom is -0.478 e. The van der Waals surface area contributed by atoms with Gasteiger partial charge in [-0.15, -0.1) is 0 Å². The number of rotatable bonds is 4. The summed E-state index contributed by atoms with van der Waals surface area (Å²) in [6, 6.07) is 4.49. The number of fused-ring (bicyclic) bond motifs is 1. The molecule has 2 aromatic rings. The van der Waals surface area contributed by atoms with Crippen LogP contribution in [-0.4, -0.2) is 22.7 Å². The molecular formula is C12H11NO4. The topological polar surface area (TPSA) is 72.6 Å². The zero-order valence-corrected chi connectivity index (χ0v) is 9.21. The molecule has 0 saturated carbocycles. The van der Waals surface area contributed by atoms with Gasteiger partial charge in [0.1, 0.15) is 12.1 Å². The lowest BCUT2D eigenvalue weighted by Crippen LogP contribution is -1.94. The highest BCUT2D eigenvalue weighted by Crippen LogP contribution is 2.21. The number of aromatic carboxylic acids is 1. The van der Waals surface area contributed by atoms with Crippen molar-refractivity contribution in [1.29, 1.82) is 0 Å². The van der Waals surface area contributed by atoms with E-state index >= 15 is 0 Å². The Morgan fingerprint density at radius 1 is 1.59 bits per heavy atom. The summed E-state index contributed by atoms with van der Waals surface area (Å²) in [4.78, 5) is 14.8. The van der Waals surface area contributed by atoms with Gasteiger partial charge >= 0.3 is 12.0 Å². The van der Waals surface area contributed by atoms with Crippen LogP contribution in [0.15, 0.2) is 34.8 Å². The second kappa shape index (κ2) is 4.69. The van der Waals surface area contributed by atoms with E-state index in [4.69, 9.17) is 14.3 Å². The summed E-state index contributed by atoms with van der Waals surface area (Å²) in [5, 5.41) is 8.82. The van der Waals surface area contributed by atoms with Crippen LogP contribution in [0.2, 0.25) is 0 Å². The molecule has 0 radical (unpaired) electrons. The minimum absolute atomic E-state index is 0.139. The second-order valence-electron chi connectivity index (χ2n) is 3.35. The summed E-state index contributed by atoms with van der Waals surface area (Å²) >= 11 is 0. The normalized spacial score (nSPS) is 11.1. The quantitative estimate of drug-likeness (QED) is 0.821. The molecule has 5 heteroatoms. The van der Waals surface area contributed by atoms with Crippen LogP contribution in [0.25, 0.3) is 11.1 Å². The van der Waals surface area contributed by atoms with Crippen LogP contribution in [0.1, 0.15) is 17.3 Å². The van der Waals surface area contributed by atoms with E-state index in [9.17, 15) is 4.79 Å². The van der Waals surface area contributed by atoms with Gasteiger partial charge in [0.2, 0.25) is 0 Å². The Morgan fingerprint density at radius 2 is 2.41 bits per heavy atom. The molecule has 0 aliphatic rings. The van der Waals surface area contributed by atoms with Crippen LogP contribution in [-0.2, 0) is 0 Å². The fraction of sp³-hybridized carbons (Fsp3) is 0.167. The largest absolute Gasteiger partial charge is 0.478 e. The first-order valence-corrected chi connectivity index (χ1v) is 5.08. The maximum Gasteiger partial charge on any atom is 0.394 e. The van der Waals surface area contributed by atoms with Crippen LogP contribution in [0.4, 0.5) is 0 Å². The molecule has 0 bridgehead atoms. The highest BCUT2D eigenvalue weighted by Gasteiger charge is 2.09. The number of aromatic nitrogens is 1. The minimum atomic E-state index is -1.00. The van der Waals surface area contributed by atoms with Crippen molar-refractivity contribution >= 4 is 17.1 Å². The number of ether oxygens (including phenoxy) is 1. The van der Waals surface area contributed by atoms with Crippen LogP contribution >= 0.6 is 0 Å². The average Bonchev–Trinajstić information content (AvgIpc) is 2.70. The van der Waals surface area contributed by atoms with Crippen LogP contribution in [0.3, 0.4) is 0 Å². The zero-order valence-electron chi connectivity index (χ0n) is 9.21. The number of nitrogens with zero attached hydrogens (tertiary/aromatic N) is 1. The summed E-state index contributed by atoms with van der Waals surface area (Å²) in [5.74, 6) is -1.00.